The molecule has 0 aromatic carbocycles. The summed E-state index contributed by atoms with van der Waals surface area (Å²) < 4.78 is 11.9. The highest BCUT2D eigenvalue weighted by Gasteiger charge is 2.44. The summed E-state index contributed by atoms with van der Waals surface area (Å²) in [5.74, 6) is 0.719. The molecular weight excluding hydrogens is 252 g/mol. The summed E-state index contributed by atoms with van der Waals surface area (Å²) in [5.41, 5.74) is 0.970. The van der Waals surface area contributed by atoms with Crippen molar-refractivity contribution in [2.24, 2.45) is 0 Å². The lowest BCUT2D eigenvalue weighted by Crippen LogP contribution is -2.48. The fraction of sp³-hybridized carbons (Fsp3) is 0.500. The molecule has 0 saturated carbocycles. The van der Waals surface area contributed by atoms with Gasteiger partial charge in [-0.05, 0) is 24.5 Å². The van der Waals surface area contributed by atoms with E-state index in [1.807, 2.05) is 12.1 Å². The van der Waals surface area contributed by atoms with Crippen LogP contribution >= 0.6 is 12.2 Å². The SMILES string of the molecule is CNC(=S)[C@@]1(c2cccnc2)CCCCS1=O. The molecule has 1 unspecified atom stereocenters. The molecule has 0 spiro atoms. The molecule has 0 aliphatic carbocycles. The van der Waals surface area contributed by atoms with Crippen molar-refractivity contribution >= 4 is 28.0 Å². The van der Waals surface area contributed by atoms with Crippen LogP contribution in [0.2, 0.25) is 0 Å². The summed E-state index contributed by atoms with van der Waals surface area (Å²) in [6.07, 6.45) is 6.42. The number of rotatable bonds is 2. The summed E-state index contributed by atoms with van der Waals surface area (Å²) in [6.45, 7) is 0. The van der Waals surface area contributed by atoms with Crippen LogP contribution in [0.25, 0.3) is 0 Å². The number of thiocarbonyl (C=S) groups is 1. The highest BCUT2D eigenvalue weighted by atomic mass is 32.2. The molecule has 92 valence electrons. The van der Waals surface area contributed by atoms with Crippen molar-refractivity contribution < 1.29 is 4.21 Å². The average molecular weight is 268 g/mol. The van der Waals surface area contributed by atoms with Gasteiger partial charge in [0.1, 0.15) is 4.75 Å². The second kappa shape index (κ2) is 5.23. The van der Waals surface area contributed by atoms with Gasteiger partial charge in [0.05, 0.1) is 4.99 Å². The normalized spacial score (nSPS) is 28.6. The molecule has 5 heteroatoms. The van der Waals surface area contributed by atoms with E-state index in [1.54, 1.807) is 19.4 Å². The number of aromatic nitrogens is 1. The van der Waals surface area contributed by atoms with Gasteiger partial charge < -0.3 is 5.32 Å². The van der Waals surface area contributed by atoms with E-state index in [4.69, 9.17) is 12.2 Å². The first-order valence-corrected chi connectivity index (χ1v) is 7.45. The first-order chi connectivity index (χ1) is 8.21. The molecule has 1 aliphatic heterocycles. The zero-order valence-corrected chi connectivity index (χ0v) is 11.4. The number of pyridine rings is 1. The molecule has 1 aliphatic rings. The van der Waals surface area contributed by atoms with E-state index in [2.05, 4.69) is 10.3 Å². The van der Waals surface area contributed by atoms with Crippen molar-refractivity contribution in [1.29, 1.82) is 0 Å². The van der Waals surface area contributed by atoms with Gasteiger partial charge in [-0.2, -0.15) is 0 Å². The second-order valence-corrected chi connectivity index (χ2v) is 6.36. The van der Waals surface area contributed by atoms with Gasteiger partial charge in [-0.1, -0.05) is 24.7 Å². The third kappa shape index (κ3) is 2.13. The molecule has 2 atom stereocenters. The first-order valence-electron chi connectivity index (χ1n) is 5.73. The zero-order valence-electron chi connectivity index (χ0n) is 9.81. The zero-order chi connectivity index (χ0) is 12.3. The van der Waals surface area contributed by atoms with Gasteiger partial charge in [-0.3, -0.25) is 9.19 Å². The van der Waals surface area contributed by atoms with E-state index in [1.165, 1.54) is 0 Å². The highest BCUT2D eigenvalue weighted by Crippen LogP contribution is 2.38. The summed E-state index contributed by atoms with van der Waals surface area (Å²) in [4.78, 5) is 4.80. The Labute approximate surface area is 109 Å². The third-order valence-corrected chi connectivity index (χ3v) is 5.98. The monoisotopic (exact) mass is 268 g/mol. The molecule has 1 N–H and O–H groups in total. The molecule has 2 rings (SSSR count). The van der Waals surface area contributed by atoms with Crippen LogP contribution in [0, 0.1) is 0 Å². The maximum atomic E-state index is 12.5. The molecule has 0 radical (unpaired) electrons. The van der Waals surface area contributed by atoms with Crippen LogP contribution in [0.15, 0.2) is 24.5 Å². The Balaban J connectivity index is 2.50. The van der Waals surface area contributed by atoms with Crippen LogP contribution in [0.5, 0.6) is 0 Å². The van der Waals surface area contributed by atoms with Crippen molar-refractivity contribution in [3.63, 3.8) is 0 Å². The van der Waals surface area contributed by atoms with Crippen molar-refractivity contribution in [1.82, 2.24) is 10.3 Å². The molecule has 17 heavy (non-hydrogen) atoms. The average Bonchev–Trinajstić information content (AvgIpc) is 2.39. The Morgan fingerprint density at radius 1 is 1.59 bits per heavy atom. The summed E-state index contributed by atoms with van der Waals surface area (Å²) in [5, 5.41) is 3.02. The molecule has 2 heterocycles. The maximum absolute atomic E-state index is 12.5. The summed E-state index contributed by atoms with van der Waals surface area (Å²) in [6, 6.07) is 3.85. The van der Waals surface area contributed by atoms with Gasteiger partial charge in [0.15, 0.2) is 0 Å². The standard InChI is InChI=1S/C12H16N2OS2/c1-13-11(16)12(6-2-3-8-17(12)15)10-5-4-7-14-9-10/h4-5,7,9H,2-3,6,8H2,1H3,(H,13,16)/t12-,17?/m0/s1. The Kier molecular flexibility index (Phi) is 3.89. The fourth-order valence-electron chi connectivity index (χ4n) is 2.32. The number of hydrogen-bond donors (Lipinski definition) is 1. The third-order valence-electron chi connectivity index (χ3n) is 3.22. The molecule has 0 amide bonds. The van der Waals surface area contributed by atoms with Crippen molar-refractivity contribution in [2.75, 3.05) is 12.8 Å². The van der Waals surface area contributed by atoms with E-state index in [0.29, 0.717) is 4.99 Å². The van der Waals surface area contributed by atoms with Gasteiger partial charge in [0.25, 0.3) is 0 Å². The van der Waals surface area contributed by atoms with Crippen molar-refractivity contribution in [3.8, 4) is 0 Å². The first kappa shape index (κ1) is 12.6. The highest BCUT2D eigenvalue weighted by molar-refractivity contribution is 7.90. The van der Waals surface area contributed by atoms with Crippen LogP contribution in [0.3, 0.4) is 0 Å². The van der Waals surface area contributed by atoms with Crippen LogP contribution in [0.4, 0.5) is 0 Å². The predicted octanol–water partition coefficient (Wildman–Crippen LogP) is 1.76. The van der Waals surface area contributed by atoms with E-state index in [0.717, 1.165) is 30.6 Å². The van der Waals surface area contributed by atoms with Gasteiger partial charge in [0, 0.05) is 36.0 Å². The minimum atomic E-state index is -0.961. The van der Waals surface area contributed by atoms with Gasteiger partial charge >= 0.3 is 0 Å². The Morgan fingerprint density at radius 3 is 3.00 bits per heavy atom. The lowest BCUT2D eigenvalue weighted by atomic mass is 9.93. The molecule has 1 aromatic heterocycles. The van der Waals surface area contributed by atoms with Gasteiger partial charge in [0.2, 0.25) is 0 Å². The second-order valence-electron chi connectivity index (χ2n) is 4.15. The van der Waals surface area contributed by atoms with E-state index >= 15 is 0 Å². The topological polar surface area (TPSA) is 42.0 Å². The van der Waals surface area contributed by atoms with E-state index in [9.17, 15) is 4.21 Å². The van der Waals surface area contributed by atoms with Crippen LogP contribution < -0.4 is 5.32 Å². The lowest BCUT2D eigenvalue weighted by Gasteiger charge is -2.36. The van der Waals surface area contributed by atoms with Crippen LogP contribution in [-0.2, 0) is 15.5 Å². The molecule has 1 aromatic rings. The maximum Gasteiger partial charge on any atom is 0.122 e. The lowest BCUT2D eigenvalue weighted by molar-refractivity contribution is 0.573. The van der Waals surface area contributed by atoms with Gasteiger partial charge in [-0.25, -0.2) is 0 Å². The number of likely N-dealkylation sites (N-methyl/N-ethyl adjacent to an activating group) is 1. The smallest absolute Gasteiger partial charge is 0.122 e. The van der Waals surface area contributed by atoms with Crippen molar-refractivity contribution in [2.45, 2.75) is 24.0 Å². The number of nitrogens with one attached hydrogen (secondary N) is 1. The minimum Gasteiger partial charge on any atom is -0.381 e. The Hall–Kier alpha value is -0.810. The van der Waals surface area contributed by atoms with Crippen molar-refractivity contribution in [3.05, 3.63) is 30.1 Å². The van der Waals surface area contributed by atoms with E-state index < -0.39 is 15.5 Å². The van der Waals surface area contributed by atoms with Crippen LogP contribution in [-0.4, -0.2) is 27.0 Å². The molecule has 0 bridgehead atoms. The molecule has 1 fully saturated rings. The van der Waals surface area contributed by atoms with Crippen LogP contribution in [0.1, 0.15) is 24.8 Å². The molecular formula is C12H16N2OS2. The van der Waals surface area contributed by atoms with E-state index in [-0.39, 0.29) is 0 Å². The Morgan fingerprint density at radius 2 is 2.41 bits per heavy atom. The molecule has 1 saturated heterocycles. The molecule has 3 nitrogen and oxygen atoms in total. The number of hydrogen-bond acceptors (Lipinski definition) is 3. The number of nitrogens with zero attached hydrogens (tertiary/aromatic N) is 1. The Bertz CT molecular complexity index is 425. The largest absolute Gasteiger partial charge is 0.381 e. The minimum absolute atomic E-state index is 0.531. The summed E-state index contributed by atoms with van der Waals surface area (Å²) in [7, 11) is 0.837. The fourth-order valence-corrected chi connectivity index (χ4v) is 4.70. The quantitative estimate of drug-likeness (QED) is 0.830. The summed E-state index contributed by atoms with van der Waals surface area (Å²) >= 11 is 5.41. The van der Waals surface area contributed by atoms with Gasteiger partial charge in [-0.15, -0.1) is 0 Å². The predicted molar refractivity (Wildman–Crippen MR) is 74.4 cm³/mol.